The van der Waals surface area contributed by atoms with Crippen LogP contribution in [-0.4, -0.2) is 56.8 Å². The van der Waals surface area contributed by atoms with Crippen LogP contribution >= 0.6 is 0 Å². The molecule has 0 radical (unpaired) electrons. The van der Waals surface area contributed by atoms with Gasteiger partial charge >= 0.3 is 5.97 Å². The lowest BCUT2D eigenvalue weighted by Crippen LogP contribution is -2.36. The number of hydrogen-bond donors (Lipinski definition) is 4. The van der Waals surface area contributed by atoms with Crippen molar-refractivity contribution in [3.05, 3.63) is 65.2 Å². The summed E-state index contributed by atoms with van der Waals surface area (Å²) in [5.41, 5.74) is 7.87. The number of piperidine rings is 1. The smallest absolute Gasteiger partial charge is 0.320 e. The molecule has 0 aliphatic carbocycles. The summed E-state index contributed by atoms with van der Waals surface area (Å²) < 4.78 is 33.0. The number of aryl methyl sites for hydroxylation is 1. The largest absolute Gasteiger partial charge is 0.490 e. The third kappa shape index (κ3) is 6.82. The zero-order chi connectivity index (χ0) is 24.7. The van der Waals surface area contributed by atoms with Crippen LogP contribution in [0.5, 0.6) is 5.75 Å². The number of benzene rings is 2. The van der Waals surface area contributed by atoms with Crippen molar-refractivity contribution in [2.24, 2.45) is 5.73 Å². The topological polar surface area (TPSA) is 146 Å². The van der Waals surface area contributed by atoms with Gasteiger partial charge in [-0.05, 0) is 68.2 Å². The zero-order valence-corrected chi connectivity index (χ0v) is 19.8. The molecule has 0 aromatic heterocycles. The Bertz CT molecular complexity index is 1170. The summed E-state index contributed by atoms with van der Waals surface area (Å²) in [6.45, 7) is 3.50. The maximum atomic E-state index is 12.9. The number of nitrogen functional groups attached to an aromatic ring is 1. The molecule has 0 amide bonds. The van der Waals surface area contributed by atoms with E-state index in [0.29, 0.717) is 22.6 Å². The van der Waals surface area contributed by atoms with Crippen molar-refractivity contribution in [2.75, 3.05) is 29.7 Å². The number of nitrogens with one attached hydrogen (secondary N) is 2. The number of sulfonamides is 1. The number of ether oxygens (including phenoxy) is 1. The van der Waals surface area contributed by atoms with Gasteiger partial charge in [-0.1, -0.05) is 30.4 Å². The first-order chi connectivity index (χ1) is 16.2. The molecule has 34 heavy (non-hydrogen) atoms. The molecule has 3 rings (SSSR count). The number of nitrogens with two attached hydrogens (primary N) is 1. The van der Waals surface area contributed by atoms with Crippen molar-refractivity contribution in [1.29, 1.82) is 5.41 Å². The van der Waals surface area contributed by atoms with E-state index in [9.17, 15) is 13.2 Å². The Morgan fingerprint density at radius 1 is 1.26 bits per heavy atom. The molecule has 2 aromatic rings. The SMILES string of the molecule is Cc1cc(OC2CCNCC2)ccc1N(C/C=C/c1cccc(C(=N)N)c1)S(=O)(=O)CC(=O)O. The minimum atomic E-state index is -4.13. The van der Waals surface area contributed by atoms with Gasteiger partial charge in [0, 0.05) is 5.56 Å². The highest BCUT2D eigenvalue weighted by Crippen LogP contribution is 2.28. The van der Waals surface area contributed by atoms with Gasteiger partial charge in [0.15, 0.2) is 5.75 Å². The molecule has 0 unspecified atom stereocenters. The second-order valence-electron chi connectivity index (χ2n) is 8.14. The summed E-state index contributed by atoms with van der Waals surface area (Å²) in [7, 11) is -4.13. The molecule has 0 saturated carbocycles. The van der Waals surface area contributed by atoms with Crippen LogP contribution in [0.3, 0.4) is 0 Å². The summed E-state index contributed by atoms with van der Waals surface area (Å²) in [5.74, 6) is -1.86. The Balaban J connectivity index is 1.85. The third-order valence-electron chi connectivity index (χ3n) is 5.45. The first kappa shape index (κ1) is 25.3. The maximum absolute atomic E-state index is 12.9. The second-order valence-corrected chi connectivity index (χ2v) is 10.0. The van der Waals surface area contributed by atoms with Crippen LogP contribution < -0.4 is 20.1 Å². The highest BCUT2D eigenvalue weighted by molar-refractivity contribution is 7.93. The third-order valence-corrected chi connectivity index (χ3v) is 7.08. The van der Waals surface area contributed by atoms with E-state index in [0.717, 1.165) is 35.8 Å². The van der Waals surface area contributed by atoms with E-state index in [1.807, 2.05) is 0 Å². The fraction of sp³-hybridized carbons (Fsp3) is 0.333. The van der Waals surface area contributed by atoms with E-state index in [1.54, 1.807) is 61.5 Å². The molecule has 9 nitrogen and oxygen atoms in total. The lowest BCUT2D eigenvalue weighted by atomic mass is 10.1. The van der Waals surface area contributed by atoms with Gasteiger partial charge < -0.3 is 20.9 Å². The normalized spacial score (nSPS) is 14.7. The predicted molar refractivity (Wildman–Crippen MR) is 133 cm³/mol. The van der Waals surface area contributed by atoms with Crippen LogP contribution in [0.15, 0.2) is 48.5 Å². The maximum Gasteiger partial charge on any atom is 0.320 e. The lowest BCUT2D eigenvalue weighted by Gasteiger charge is -2.26. The standard InChI is InChI=1S/C24H30N4O5S/c1-17-14-21(33-20-9-11-27-12-10-20)7-8-22(17)28(34(31,32)16-23(29)30)13-3-5-18-4-2-6-19(15-18)24(25)26/h2-8,14-15,20,27H,9-13,16H2,1H3,(H3,25,26)(H,29,30)/b5-3+. The number of anilines is 1. The van der Waals surface area contributed by atoms with Gasteiger partial charge in [-0.2, -0.15) is 0 Å². The zero-order valence-electron chi connectivity index (χ0n) is 19.0. The summed E-state index contributed by atoms with van der Waals surface area (Å²) in [5, 5.41) is 20.0. The van der Waals surface area contributed by atoms with Gasteiger partial charge in [0.2, 0.25) is 10.0 Å². The number of nitrogens with zero attached hydrogens (tertiary/aromatic N) is 1. The number of aliphatic carboxylic acids is 1. The molecule has 0 bridgehead atoms. The summed E-state index contributed by atoms with van der Waals surface area (Å²) in [4.78, 5) is 11.2. The fourth-order valence-corrected chi connectivity index (χ4v) is 5.06. The first-order valence-corrected chi connectivity index (χ1v) is 12.6. The van der Waals surface area contributed by atoms with Crippen LogP contribution in [-0.2, 0) is 14.8 Å². The van der Waals surface area contributed by atoms with E-state index in [4.69, 9.17) is 21.0 Å². The molecule has 5 N–H and O–H groups in total. The molecular weight excluding hydrogens is 456 g/mol. The molecule has 1 fully saturated rings. The number of amidine groups is 1. The van der Waals surface area contributed by atoms with Gasteiger partial charge in [-0.25, -0.2) is 8.42 Å². The van der Waals surface area contributed by atoms with Crippen LogP contribution in [0.4, 0.5) is 5.69 Å². The van der Waals surface area contributed by atoms with Crippen molar-refractivity contribution in [2.45, 2.75) is 25.9 Å². The Kier molecular flexibility index (Phi) is 8.30. The van der Waals surface area contributed by atoms with E-state index in [1.165, 1.54) is 0 Å². The lowest BCUT2D eigenvalue weighted by molar-refractivity contribution is -0.134. The summed E-state index contributed by atoms with van der Waals surface area (Å²) in [6, 6.07) is 12.1. The first-order valence-electron chi connectivity index (χ1n) is 11.0. The average Bonchev–Trinajstić information content (AvgIpc) is 2.77. The second kappa shape index (κ2) is 11.2. The number of carboxylic acids is 1. The van der Waals surface area contributed by atoms with Crippen molar-refractivity contribution < 1.29 is 23.1 Å². The van der Waals surface area contributed by atoms with Crippen LogP contribution in [0.1, 0.15) is 29.5 Å². The van der Waals surface area contributed by atoms with Crippen LogP contribution in [0.25, 0.3) is 6.08 Å². The van der Waals surface area contributed by atoms with Crippen molar-refractivity contribution >= 4 is 33.6 Å². The van der Waals surface area contributed by atoms with Gasteiger partial charge in [0.1, 0.15) is 17.7 Å². The Hall–Kier alpha value is -3.37. The molecule has 2 aromatic carbocycles. The van der Waals surface area contributed by atoms with Gasteiger partial charge in [-0.3, -0.25) is 14.5 Å². The van der Waals surface area contributed by atoms with Gasteiger partial charge in [0.05, 0.1) is 12.2 Å². The molecule has 182 valence electrons. The van der Waals surface area contributed by atoms with Crippen LogP contribution in [0, 0.1) is 12.3 Å². The number of rotatable bonds is 10. The van der Waals surface area contributed by atoms with Crippen molar-refractivity contribution in [3.63, 3.8) is 0 Å². The molecule has 1 saturated heterocycles. The molecule has 0 atom stereocenters. The molecule has 10 heteroatoms. The average molecular weight is 487 g/mol. The Labute approximate surface area is 199 Å². The quantitative estimate of drug-likeness (QED) is 0.298. The Morgan fingerprint density at radius 2 is 2.00 bits per heavy atom. The van der Waals surface area contributed by atoms with E-state index < -0.39 is 21.7 Å². The molecule has 1 aliphatic rings. The van der Waals surface area contributed by atoms with E-state index in [2.05, 4.69) is 5.32 Å². The van der Waals surface area contributed by atoms with E-state index in [-0.39, 0.29) is 18.5 Å². The predicted octanol–water partition coefficient (Wildman–Crippen LogP) is 2.34. The molecule has 0 spiro atoms. The summed E-state index contributed by atoms with van der Waals surface area (Å²) >= 11 is 0. The minimum absolute atomic E-state index is 0.0603. The molecule has 1 heterocycles. The van der Waals surface area contributed by atoms with Crippen LogP contribution in [0.2, 0.25) is 0 Å². The van der Waals surface area contributed by atoms with Gasteiger partial charge in [0.25, 0.3) is 0 Å². The van der Waals surface area contributed by atoms with Gasteiger partial charge in [-0.15, -0.1) is 0 Å². The fourth-order valence-electron chi connectivity index (χ4n) is 3.78. The number of hydrogen-bond acceptors (Lipinski definition) is 6. The van der Waals surface area contributed by atoms with Crippen molar-refractivity contribution in [3.8, 4) is 5.75 Å². The summed E-state index contributed by atoms with van der Waals surface area (Å²) in [6.07, 6.45) is 5.24. The van der Waals surface area contributed by atoms with Crippen molar-refractivity contribution in [1.82, 2.24) is 5.32 Å². The highest BCUT2D eigenvalue weighted by atomic mass is 32.2. The highest BCUT2D eigenvalue weighted by Gasteiger charge is 2.26. The minimum Gasteiger partial charge on any atom is -0.490 e. The number of carboxylic acid groups (broad SMARTS) is 1. The monoisotopic (exact) mass is 486 g/mol. The number of carbonyl (C=O) groups is 1. The van der Waals surface area contributed by atoms with E-state index >= 15 is 0 Å². The Morgan fingerprint density at radius 3 is 2.65 bits per heavy atom. The molecule has 1 aliphatic heterocycles. The molecular formula is C24H30N4O5S.